The number of aliphatic imine (C=N–C) groups is 1. The predicted octanol–water partition coefficient (Wildman–Crippen LogP) is 3.22. The Morgan fingerprint density at radius 2 is 2.20 bits per heavy atom. The molecule has 1 aromatic carbocycles. The van der Waals surface area contributed by atoms with Gasteiger partial charge < -0.3 is 20.1 Å². The maximum atomic E-state index is 13.9. The van der Waals surface area contributed by atoms with Crippen LogP contribution in [0.15, 0.2) is 23.2 Å². The van der Waals surface area contributed by atoms with E-state index in [0.717, 1.165) is 30.9 Å². The van der Waals surface area contributed by atoms with Crippen LogP contribution < -0.4 is 15.4 Å². The second kappa shape index (κ2) is 9.56. The summed E-state index contributed by atoms with van der Waals surface area (Å²) in [5, 5.41) is 6.71. The highest BCUT2D eigenvalue weighted by atomic mass is 127. The lowest BCUT2D eigenvalue weighted by Crippen LogP contribution is -2.47. The molecular formula is C18H27FIN3O2. The number of nitrogens with zero attached hydrogens (tertiary/aromatic N) is 1. The summed E-state index contributed by atoms with van der Waals surface area (Å²) in [7, 11) is 0. The summed E-state index contributed by atoms with van der Waals surface area (Å²) in [5.41, 5.74) is 0.817. The first-order valence-electron chi connectivity index (χ1n) is 8.81. The van der Waals surface area contributed by atoms with E-state index < -0.39 is 0 Å². The predicted molar refractivity (Wildman–Crippen MR) is 107 cm³/mol. The number of nitrogens with one attached hydrogen (secondary N) is 2. The first kappa shape index (κ1) is 20.2. The molecule has 2 fully saturated rings. The number of halogens is 2. The molecule has 3 unspecified atom stereocenters. The Morgan fingerprint density at radius 1 is 1.36 bits per heavy atom. The van der Waals surface area contributed by atoms with Gasteiger partial charge in [-0.15, -0.1) is 24.0 Å². The topological polar surface area (TPSA) is 54.9 Å². The molecule has 3 atom stereocenters. The molecule has 0 amide bonds. The molecule has 140 valence electrons. The second-order valence-electron chi connectivity index (χ2n) is 6.25. The van der Waals surface area contributed by atoms with Crippen molar-refractivity contribution in [2.45, 2.75) is 57.9 Å². The van der Waals surface area contributed by atoms with Crippen molar-refractivity contribution < 1.29 is 13.9 Å². The zero-order valence-electron chi connectivity index (χ0n) is 14.8. The Kier molecular flexibility index (Phi) is 7.74. The Labute approximate surface area is 165 Å². The lowest BCUT2D eigenvalue weighted by Gasteiger charge is -2.22. The number of ether oxygens (including phenoxy) is 2. The molecule has 25 heavy (non-hydrogen) atoms. The molecule has 3 rings (SSSR count). The van der Waals surface area contributed by atoms with Gasteiger partial charge in [0.05, 0.1) is 31.4 Å². The van der Waals surface area contributed by atoms with Gasteiger partial charge in [0.15, 0.2) is 17.5 Å². The van der Waals surface area contributed by atoms with Gasteiger partial charge in [-0.2, -0.15) is 0 Å². The Morgan fingerprint density at radius 3 is 2.80 bits per heavy atom. The van der Waals surface area contributed by atoms with Crippen molar-refractivity contribution in [1.82, 2.24) is 10.6 Å². The number of hydrogen-bond acceptors (Lipinski definition) is 3. The van der Waals surface area contributed by atoms with Crippen LogP contribution in [0.4, 0.5) is 4.39 Å². The van der Waals surface area contributed by atoms with Crippen LogP contribution in [0.2, 0.25) is 0 Å². The maximum Gasteiger partial charge on any atom is 0.191 e. The van der Waals surface area contributed by atoms with Gasteiger partial charge in [0.25, 0.3) is 0 Å². The van der Waals surface area contributed by atoms with Crippen molar-refractivity contribution in [2.75, 3.05) is 13.2 Å². The van der Waals surface area contributed by atoms with Crippen molar-refractivity contribution >= 4 is 29.9 Å². The largest absolute Gasteiger partial charge is 0.491 e. The van der Waals surface area contributed by atoms with E-state index in [4.69, 9.17) is 9.47 Å². The Bertz CT molecular complexity index is 600. The first-order valence-corrected chi connectivity index (χ1v) is 8.81. The van der Waals surface area contributed by atoms with Crippen LogP contribution >= 0.6 is 24.0 Å². The third-order valence-electron chi connectivity index (χ3n) is 4.49. The molecule has 2 heterocycles. The second-order valence-corrected chi connectivity index (χ2v) is 6.25. The smallest absolute Gasteiger partial charge is 0.191 e. The summed E-state index contributed by atoms with van der Waals surface area (Å²) >= 11 is 0. The van der Waals surface area contributed by atoms with Crippen LogP contribution in [0.3, 0.4) is 0 Å². The molecule has 2 N–H and O–H groups in total. The number of rotatable bonds is 6. The standard InChI is InChI=1S/C18H26FN3O2.HI/c1-3-20-18(22-15-10-13-6-8-17(15)24-13)21-11-12-5-7-16(23-4-2)14(19)9-12;/h5,7,9,13,15,17H,3-4,6,8,10-11H2,1-2H3,(H2,20,21,22);1H. The lowest BCUT2D eigenvalue weighted by atomic mass is 9.96. The third kappa shape index (κ3) is 5.20. The van der Waals surface area contributed by atoms with E-state index in [1.807, 2.05) is 19.9 Å². The zero-order valence-corrected chi connectivity index (χ0v) is 17.1. The highest BCUT2D eigenvalue weighted by Gasteiger charge is 2.41. The maximum absolute atomic E-state index is 13.9. The monoisotopic (exact) mass is 463 g/mol. The van der Waals surface area contributed by atoms with E-state index in [0.29, 0.717) is 31.4 Å². The van der Waals surface area contributed by atoms with Gasteiger partial charge in [-0.05, 0) is 50.8 Å². The fourth-order valence-corrected chi connectivity index (χ4v) is 3.37. The van der Waals surface area contributed by atoms with Gasteiger partial charge in [0.2, 0.25) is 0 Å². The van der Waals surface area contributed by atoms with Gasteiger partial charge in [0.1, 0.15) is 0 Å². The van der Waals surface area contributed by atoms with Gasteiger partial charge in [-0.1, -0.05) is 6.07 Å². The highest BCUT2D eigenvalue weighted by Crippen LogP contribution is 2.34. The molecule has 2 bridgehead atoms. The van der Waals surface area contributed by atoms with E-state index in [2.05, 4.69) is 15.6 Å². The fraction of sp³-hybridized carbons (Fsp3) is 0.611. The van der Waals surface area contributed by atoms with Crippen molar-refractivity contribution in [1.29, 1.82) is 0 Å². The van der Waals surface area contributed by atoms with Crippen molar-refractivity contribution in [2.24, 2.45) is 4.99 Å². The minimum atomic E-state index is -0.344. The number of hydrogen-bond donors (Lipinski definition) is 2. The molecule has 0 spiro atoms. The van der Waals surface area contributed by atoms with Gasteiger partial charge >= 0.3 is 0 Å². The summed E-state index contributed by atoms with van der Waals surface area (Å²) in [5.74, 6) is 0.700. The van der Waals surface area contributed by atoms with Gasteiger partial charge in [-0.3, -0.25) is 0 Å². The SMILES string of the molecule is CCNC(=NCc1ccc(OCC)c(F)c1)NC1CC2CCC1O2.I. The molecule has 2 aliphatic heterocycles. The third-order valence-corrected chi connectivity index (χ3v) is 4.49. The van der Waals surface area contributed by atoms with E-state index in [9.17, 15) is 4.39 Å². The molecule has 5 nitrogen and oxygen atoms in total. The summed E-state index contributed by atoms with van der Waals surface area (Å²) < 4.78 is 25.0. The van der Waals surface area contributed by atoms with Gasteiger partial charge in [0, 0.05) is 6.54 Å². The summed E-state index contributed by atoms with van der Waals surface area (Å²) in [4.78, 5) is 4.58. The molecule has 0 saturated carbocycles. The normalized spacial score (nSPS) is 24.8. The van der Waals surface area contributed by atoms with Crippen LogP contribution in [0.25, 0.3) is 0 Å². The van der Waals surface area contributed by atoms with Crippen molar-refractivity contribution in [3.8, 4) is 5.75 Å². The highest BCUT2D eigenvalue weighted by molar-refractivity contribution is 14.0. The molecule has 7 heteroatoms. The zero-order chi connectivity index (χ0) is 16.9. The van der Waals surface area contributed by atoms with E-state index in [-0.39, 0.29) is 35.5 Å². The number of benzene rings is 1. The molecule has 0 radical (unpaired) electrons. The Hall–Kier alpha value is -1.09. The molecule has 0 aromatic heterocycles. The molecule has 2 saturated heterocycles. The molecule has 2 aliphatic rings. The van der Waals surface area contributed by atoms with E-state index >= 15 is 0 Å². The summed E-state index contributed by atoms with van der Waals surface area (Å²) in [6.07, 6.45) is 4.01. The average molecular weight is 463 g/mol. The van der Waals surface area contributed by atoms with Crippen molar-refractivity contribution in [3.05, 3.63) is 29.6 Å². The first-order chi connectivity index (χ1) is 11.7. The minimum Gasteiger partial charge on any atom is -0.491 e. The average Bonchev–Trinajstić information content (AvgIpc) is 3.18. The number of guanidine groups is 1. The van der Waals surface area contributed by atoms with Crippen LogP contribution in [-0.4, -0.2) is 37.4 Å². The fourth-order valence-electron chi connectivity index (χ4n) is 3.37. The lowest BCUT2D eigenvalue weighted by molar-refractivity contribution is 0.0992. The van der Waals surface area contributed by atoms with Crippen LogP contribution in [0.5, 0.6) is 5.75 Å². The van der Waals surface area contributed by atoms with Crippen LogP contribution in [0.1, 0.15) is 38.7 Å². The summed E-state index contributed by atoms with van der Waals surface area (Å²) in [6, 6.07) is 5.31. The van der Waals surface area contributed by atoms with Crippen molar-refractivity contribution in [3.63, 3.8) is 0 Å². The number of fused-ring (bicyclic) bond motifs is 2. The van der Waals surface area contributed by atoms with Crippen LogP contribution in [-0.2, 0) is 11.3 Å². The van der Waals surface area contributed by atoms with E-state index in [1.54, 1.807) is 6.07 Å². The minimum absolute atomic E-state index is 0. The molecule has 1 aromatic rings. The summed E-state index contributed by atoms with van der Waals surface area (Å²) in [6.45, 7) is 5.52. The van der Waals surface area contributed by atoms with Gasteiger partial charge in [-0.25, -0.2) is 9.38 Å². The molecular weight excluding hydrogens is 436 g/mol. The van der Waals surface area contributed by atoms with Crippen LogP contribution in [0, 0.1) is 5.82 Å². The molecule has 0 aliphatic carbocycles. The van der Waals surface area contributed by atoms with E-state index in [1.165, 1.54) is 12.5 Å². The Balaban J connectivity index is 0.00000225. The quantitative estimate of drug-likeness (QED) is 0.387.